The molecule has 0 radical (unpaired) electrons. The second-order valence-corrected chi connectivity index (χ2v) is 4.35. The first-order valence-corrected chi connectivity index (χ1v) is 6.61. The van der Waals surface area contributed by atoms with E-state index in [0.29, 0.717) is 5.75 Å². The molecule has 2 aromatic rings. The molecule has 0 atom stereocenters. The highest BCUT2D eigenvalue weighted by Gasteiger charge is 2.09. The minimum Gasteiger partial charge on any atom is -0.479 e. The SMILES string of the molecule is Cn1cccc(C(=O)NCC#CCOc2cccnc2)c1=O. The summed E-state index contributed by atoms with van der Waals surface area (Å²) in [7, 11) is 1.59. The number of nitrogens with one attached hydrogen (secondary N) is 1. The number of hydrogen-bond acceptors (Lipinski definition) is 4. The molecule has 0 unspecified atom stereocenters. The second kappa shape index (κ2) is 7.64. The van der Waals surface area contributed by atoms with Crippen molar-refractivity contribution in [1.29, 1.82) is 0 Å². The van der Waals surface area contributed by atoms with Crippen molar-refractivity contribution in [2.75, 3.05) is 13.2 Å². The third-order valence-corrected chi connectivity index (χ3v) is 2.78. The van der Waals surface area contributed by atoms with E-state index in [1.807, 2.05) is 0 Å². The van der Waals surface area contributed by atoms with Crippen LogP contribution >= 0.6 is 0 Å². The molecule has 0 aliphatic rings. The van der Waals surface area contributed by atoms with Crippen molar-refractivity contribution in [3.63, 3.8) is 0 Å². The van der Waals surface area contributed by atoms with Gasteiger partial charge in [0.2, 0.25) is 0 Å². The molecule has 22 heavy (non-hydrogen) atoms. The van der Waals surface area contributed by atoms with Gasteiger partial charge in [0.05, 0.1) is 12.7 Å². The number of amides is 1. The summed E-state index contributed by atoms with van der Waals surface area (Å²) in [5.41, 5.74) is -0.244. The molecular formula is C16H15N3O3. The van der Waals surface area contributed by atoms with Gasteiger partial charge in [0, 0.05) is 19.4 Å². The highest BCUT2D eigenvalue weighted by molar-refractivity contribution is 5.93. The molecule has 2 heterocycles. The minimum absolute atomic E-state index is 0.0957. The number of ether oxygens (including phenoxy) is 1. The van der Waals surface area contributed by atoms with Crippen LogP contribution in [0.2, 0.25) is 0 Å². The van der Waals surface area contributed by atoms with Crippen LogP contribution in [0.25, 0.3) is 0 Å². The number of rotatable bonds is 4. The van der Waals surface area contributed by atoms with Gasteiger partial charge in [-0.1, -0.05) is 11.8 Å². The molecule has 0 fully saturated rings. The molecular weight excluding hydrogens is 282 g/mol. The third-order valence-electron chi connectivity index (χ3n) is 2.78. The molecule has 0 aliphatic heterocycles. The lowest BCUT2D eigenvalue weighted by atomic mass is 10.2. The number of hydrogen-bond donors (Lipinski definition) is 1. The van der Waals surface area contributed by atoms with Crippen molar-refractivity contribution in [2.45, 2.75) is 0 Å². The molecule has 2 rings (SSSR count). The average Bonchev–Trinajstić information content (AvgIpc) is 2.54. The molecule has 1 amide bonds. The highest BCUT2D eigenvalue weighted by atomic mass is 16.5. The van der Waals surface area contributed by atoms with Crippen molar-refractivity contribution in [1.82, 2.24) is 14.9 Å². The maximum Gasteiger partial charge on any atom is 0.263 e. The van der Waals surface area contributed by atoms with Crippen LogP contribution in [0.5, 0.6) is 5.75 Å². The van der Waals surface area contributed by atoms with Gasteiger partial charge >= 0.3 is 0 Å². The zero-order valence-electron chi connectivity index (χ0n) is 12.1. The Kier molecular flexibility index (Phi) is 5.32. The van der Waals surface area contributed by atoms with E-state index in [4.69, 9.17) is 4.74 Å². The Balaban J connectivity index is 1.79. The first-order chi connectivity index (χ1) is 10.7. The number of aromatic nitrogens is 2. The van der Waals surface area contributed by atoms with Crippen LogP contribution in [-0.4, -0.2) is 28.6 Å². The molecule has 0 saturated heterocycles. The molecule has 2 aromatic heterocycles. The lowest BCUT2D eigenvalue weighted by Crippen LogP contribution is -2.32. The van der Waals surface area contributed by atoms with E-state index in [-0.39, 0.29) is 24.3 Å². The third kappa shape index (κ3) is 4.21. The van der Waals surface area contributed by atoms with E-state index in [1.165, 1.54) is 10.6 Å². The average molecular weight is 297 g/mol. The van der Waals surface area contributed by atoms with Crippen LogP contribution in [-0.2, 0) is 7.05 Å². The molecule has 6 nitrogen and oxygen atoms in total. The number of carbonyl (C=O) groups is 1. The summed E-state index contributed by atoms with van der Waals surface area (Å²) < 4.78 is 6.68. The van der Waals surface area contributed by atoms with E-state index in [1.54, 1.807) is 43.8 Å². The van der Waals surface area contributed by atoms with Gasteiger partial charge in [-0.15, -0.1) is 0 Å². The second-order valence-electron chi connectivity index (χ2n) is 4.35. The summed E-state index contributed by atoms with van der Waals surface area (Å²) in [5, 5.41) is 2.57. The van der Waals surface area contributed by atoms with Gasteiger partial charge < -0.3 is 14.6 Å². The molecule has 1 N–H and O–H groups in total. The Labute approximate surface area is 127 Å². The summed E-state index contributed by atoms with van der Waals surface area (Å²) in [6, 6.07) is 6.67. The first-order valence-electron chi connectivity index (χ1n) is 6.61. The predicted molar refractivity (Wildman–Crippen MR) is 81.5 cm³/mol. The van der Waals surface area contributed by atoms with Gasteiger partial charge in [-0.2, -0.15) is 0 Å². The number of aryl methyl sites for hydroxylation is 1. The number of pyridine rings is 2. The normalized spacial score (nSPS) is 9.50. The Morgan fingerprint density at radius 3 is 3.00 bits per heavy atom. The fourth-order valence-electron chi connectivity index (χ4n) is 1.66. The van der Waals surface area contributed by atoms with Crippen molar-refractivity contribution < 1.29 is 9.53 Å². The van der Waals surface area contributed by atoms with E-state index in [0.717, 1.165) is 0 Å². The van der Waals surface area contributed by atoms with E-state index < -0.39 is 5.91 Å². The van der Waals surface area contributed by atoms with Gasteiger partial charge in [-0.3, -0.25) is 14.6 Å². The lowest BCUT2D eigenvalue weighted by Gasteiger charge is -2.02. The largest absolute Gasteiger partial charge is 0.479 e. The van der Waals surface area contributed by atoms with Crippen LogP contribution in [0.4, 0.5) is 0 Å². The Hall–Kier alpha value is -3.07. The maximum absolute atomic E-state index is 11.8. The van der Waals surface area contributed by atoms with Crippen LogP contribution in [0.3, 0.4) is 0 Å². The van der Waals surface area contributed by atoms with Gasteiger partial charge in [0.25, 0.3) is 11.5 Å². The first kappa shape index (κ1) is 15.3. The molecule has 0 bridgehead atoms. The summed E-state index contributed by atoms with van der Waals surface area (Å²) >= 11 is 0. The van der Waals surface area contributed by atoms with E-state index in [2.05, 4.69) is 22.1 Å². The topological polar surface area (TPSA) is 73.2 Å². The molecule has 0 aliphatic carbocycles. The predicted octanol–water partition coefficient (Wildman–Crippen LogP) is 0.593. The van der Waals surface area contributed by atoms with Crippen molar-refractivity contribution >= 4 is 5.91 Å². The van der Waals surface area contributed by atoms with E-state index in [9.17, 15) is 9.59 Å². The zero-order chi connectivity index (χ0) is 15.8. The summed E-state index contributed by atoms with van der Waals surface area (Å²) in [6.45, 7) is 0.349. The van der Waals surface area contributed by atoms with Crippen LogP contribution < -0.4 is 15.6 Å². The number of carbonyl (C=O) groups excluding carboxylic acids is 1. The maximum atomic E-state index is 11.8. The molecule has 0 saturated carbocycles. The van der Waals surface area contributed by atoms with Crippen LogP contribution in [0.1, 0.15) is 10.4 Å². The Morgan fingerprint density at radius 1 is 1.36 bits per heavy atom. The van der Waals surface area contributed by atoms with Crippen LogP contribution in [0.15, 0.2) is 47.7 Å². The van der Waals surface area contributed by atoms with Crippen molar-refractivity contribution in [3.8, 4) is 17.6 Å². The summed E-state index contributed by atoms with van der Waals surface area (Å²) in [6.07, 6.45) is 4.84. The van der Waals surface area contributed by atoms with Gasteiger partial charge in [0.15, 0.2) is 0 Å². The quantitative estimate of drug-likeness (QED) is 0.838. The number of nitrogens with zero attached hydrogens (tertiary/aromatic N) is 2. The molecule has 6 heteroatoms. The van der Waals surface area contributed by atoms with E-state index >= 15 is 0 Å². The molecule has 0 spiro atoms. The minimum atomic E-state index is -0.441. The van der Waals surface area contributed by atoms with Crippen molar-refractivity contribution in [3.05, 3.63) is 58.8 Å². The summed E-state index contributed by atoms with van der Waals surface area (Å²) in [5.74, 6) is 5.71. The summed E-state index contributed by atoms with van der Waals surface area (Å²) in [4.78, 5) is 27.5. The van der Waals surface area contributed by atoms with Gasteiger partial charge in [0.1, 0.15) is 17.9 Å². The van der Waals surface area contributed by atoms with Crippen LogP contribution in [0, 0.1) is 11.8 Å². The monoisotopic (exact) mass is 297 g/mol. The lowest BCUT2D eigenvalue weighted by molar-refractivity contribution is 0.0956. The standard InChI is InChI=1S/C16H15N3O3/c1-19-10-5-7-14(16(19)21)15(20)18-9-2-3-11-22-13-6-4-8-17-12-13/h4-8,10,12H,9,11H2,1H3,(H,18,20). The zero-order valence-corrected chi connectivity index (χ0v) is 12.1. The Bertz CT molecular complexity index is 757. The fraction of sp³-hybridized carbons (Fsp3) is 0.188. The van der Waals surface area contributed by atoms with Gasteiger partial charge in [-0.05, 0) is 24.3 Å². The smallest absolute Gasteiger partial charge is 0.263 e. The van der Waals surface area contributed by atoms with Gasteiger partial charge in [-0.25, -0.2) is 0 Å². The fourth-order valence-corrected chi connectivity index (χ4v) is 1.66. The molecule has 0 aromatic carbocycles. The van der Waals surface area contributed by atoms with Crippen molar-refractivity contribution in [2.24, 2.45) is 7.05 Å². The molecule has 112 valence electrons. The Morgan fingerprint density at radius 2 is 2.23 bits per heavy atom. The highest BCUT2D eigenvalue weighted by Crippen LogP contribution is 2.04.